The lowest BCUT2D eigenvalue weighted by Gasteiger charge is -2.21. The quantitative estimate of drug-likeness (QED) is 0.788. The zero-order chi connectivity index (χ0) is 18.0. The second-order valence-corrected chi connectivity index (χ2v) is 8.24. The van der Waals surface area contributed by atoms with Crippen LogP contribution in [-0.2, 0) is 26.1 Å². The summed E-state index contributed by atoms with van der Waals surface area (Å²) in [5, 5.41) is 0. The third-order valence-electron chi connectivity index (χ3n) is 4.58. The van der Waals surface area contributed by atoms with E-state index in [9.17, 15) is 13.2 Å². The Morgan fingerprint density at radius 2 is 1.84 bits per heavy atom. The molecule has 1 atom stereocenters. The molecule has 132 valence electrons. The molecule has 6 heteroatoms. The Balaban J connectivity index is 1.83. The monoisotopic (exact) mass is 359 g/mol. The number of esters is 1. The van der Waals surface area contributed by atoms with Crippen LogP contribution in [0.1, 0.15) is 17.5 Å². The molecule has 1 saturated heterocycles. The molecule has 1 fully saturated rings. The van der Waals surface area contributed by atoms with Gasteiger partial charge in [0.25, 0.3) is 0 Å². The van der Waals surface area contributed by atoms with Crippen LogP contribution in [0.15, 0.2) is 48.5 Å². The maximum absolute atomic E-state index is 12.2. The summed E-state index contributed by atoms with van der Waals surface area (Å²) < 4.78 is 30.5. The molecule has 1 unspecified atom stereocenters. The van der Waals surface area contributed by atoms with Crippen LogP contribution in [0.25, 0.3) is 11.1 Å². The number of carbonyl (C=O) groups is 1. The van der Waals surface area contributed by atoms with Crippen molar-refractivity contribution in [2.75, 3.05) is 12.9 Å². The third kappa shape index (κ3) is 3.60. The van der Waals surface area contributed by atoms with Gasteiger partial charge in [-0.1, -0.05) is 48.5 Å². The van der Waals surface area contributed by atoms with Gasteiger partial charge >= 0.3 is 5.97 Å². The van der Waals surface area contributed by atoms with Crippen molar-refractivity contribution < 1.29 is 17.9 Å². The fraction of sp³-hybridized carbons (Fsp3) is 0.316. The van der Waals surface area contributed by atoms with E-state index in [-0.39, 0.29) is 18.7 Å². The Bertz CT molecular complexity index is 875. The normalized spacial score (nSPS) is 19.7. The molecule has 0 spiro atoms. The van der Waals surface area contributed by atoms with E-state index >= 15 is 0 Å². The molecule has 1 heterocycles. The van der Waals surface area contributed by atoms with Gasteiger partial charge in [-0.3, -0.25) is 4.79 Å². The smallest absolute Gasteiger partial charge is 0.324 e. The van der Waals surface area contributed by atoms with E-state index in [2.05, 4.69) is 19.1 Å². The van der Waals surface area contributed by atoms with Crippen LogP contribution < -0.4 is 0 Å². The molecule has 0 aliphatic carbocycles. The number of hydrogen-bond donors (Lipinski definition) is 0. The van der Waals surface area contributed by atoms with Gasteiger partial charge in [0.15, 0.2) is 0 Å². The van der Waals surface area contributed by atoms with Crippen LogP contribution in [-0.4, -0.2) is 37.6 Å². The first-order chi connectivity index (χ1) is 11.9. The lowest BCUT2D eigenvalue weighted by molar-refractivity contribution is -0.144. The topological polar surface area (TPSA) is 63.7 Å². The van der Waals surface area contributed by atoms with Crippen molar-refractivity contribution in [1.29, 1.82) is 0 Å². The first kappa shape index (κ1) is 17.6. The number of sulfonamides is 1. The van der Waals surface area contributed by atoms with Crippen LogP contribution in [0.5, 0.6) is 0 Å². The van der Waals surface area contributed by atoms with Gasteiger partial charge in [-0.2, -0.15) is 4.31 Å². The van der Waals surface area contributed by atoms with Gasteiger partial charge in [0, 0.05) is 6.54 Å². The molecule has 0 amide bonds. The maximum atomic E-state index is 12.2. The van der Waals surface area contributed by atoms with Gasteiger partial charge in [-0.25, -0.2) is 8.42 Å². The SMILES string of the molecule is COC(=O)C1CCS(=O)(=O)N1Cc1ccc(-c2ccccc2C)cc1. The van der Waals surface area contributed by atoms with E-state index in [0.717, 1.165) is 16.7 Å². The molecule has 25 heavy (non-hydrogen) atoms. The fourth-order valence-electron chi connectivity index (χ4n) is 3.16. The second kappa shape index (κ2) is 6.98. The van der Waals surface area contributed by atoms with E-state index in [1.54, 1.807) is 0 Å². The van der Waals surface area contributed by atoms with E-state index in [4.69, 9.17) is 4.74 Å². The predicted octanol–water partition coefficient (Wildman–Crippen LogP) is 2.74. The lowest BCUT2D eigenvalue weighted by atomic mass is 9.99. The minimum absolute atomic E-state index is 0.0198. The summed E-state index contributed by atoms with van der Waals surface area (Å²) in [6.07, 6.45) is 0.274. The number of ether oxygens (including phenoxy) is 1. The summed E-state index contributed by atoms with van der Waals surface area (Å²) in [7, 11) is -2.15. The zero-order valence-corrected chi connectivity index (χ0v) is 15.1. The number of carbonyl (C=O) groups excluding carboxylic acids is 1. The van der Waals surface area contributed by atoms with Gasteiger partial charge in [-0.05, 0) is 35.6 Å². The standard InChI is InChI=1S/C19H21NO4S/c1-14-5-3-4-6-17(14)16-9-7-15(8-10-16)13-20-18(19(21)24-2)11-12-25(20,22)23/h3-10,18H,11-13H2,1-2H3. The molecule has 0 N–H and O–H groups in total. The van der Waals surface area contributed by atoms with E-state index in [0.29, 0.717) is 0 Å². The Kier molecular flexibility index (Phi) is 4.92. The first-order valence-electron chi connectivity index (χ1n) is 8.14. The van der Waals surface area contributed by atoms with Crippen molar-refractivity contribution in [3.8, 4) is 11.1 Å². The molecule has 0 saturated carbocycles. The minimum Gasteiger partial charge on any atom is -0.468 e. The van der Waals surface area contributed by atoms with Crippen molar-refractivity contribution in [3.63, 3.8) is 0 Å². The average Bonchev–Trinajstić information content (AvgIpc) is 2.90. The maximum Gasteiger partial charge on any atom is 0.324 e. The highest BCUT2D eigenvalue weighted by Crippen LogP contribution is 2.27. The highest BCUT2D eigenvalue weighted by atomic mass is 32.2. The van der Waals surface area contributed by atoms with Crippen LogP contribution >= 0.6 is 0 Å². The van der Waals surface area contributed by atoms with Crippen molar-refractivity contribution in [2.45, 2.75) is 25.9 Å². The molecular formula is C19H21NO4S. The summed E-state index contributed by atoms with van der Waals surface area (Å²) in [6.45, 7) is 2.23. The molecule has 0 aromatic heterocycles. The summed E-state index contributed by atoms with van der Waals surface area (Å²) in [5.41, 5.74) is 4.26. The third-order valence-corrected chi connectivity index (χ3v) is 6.43. The Labute approximate surface area is 148 Å². The van der Waals surface area contributed by atoms with E-state index in [1.807, 2.05) is 36.4 Å². The number of benzene rings is 2. The Hall–Kier alpha value is -2.18. The number of aryl methyl sites for hydroxylation is 1. The molecule has 2 aromatic rings. The fourth-order valence-corrected chi connectivity index (χ4v) is 4.84. The molecule has 0 radical (unpaired) electrons. The van der Waals surface area contributed by atoms with Crippen LogP contribution in [0.3, 0.4) is 0 Å². The summed E-state index contributed by atoms with van der Waals surface area (Å²) in [5.74, 6) is -0.522. The largest absolute Gasteiger partial charge is 0.468 e. The molecule has 1 aliphatic heterocycles. The van der Waals surface area contributed by atoms with Crippen molar-refractivity contribution in [2.24, 2.45) is 0 Å². The molecule has 2 aromatic carbocycles. The molecule has 1 aliphatic rings. The van der Waals surface area contributed by atoms with Crippen molar-refractivity contribution >= 4 is 16.0 Å². The number of rotatable bonds is 4. The highest BCUT2D eigenvalue weighted by molar-refractivity contribution is 7.89. The van der Waals surface area contributed by atoms with E-state index < -0.39 is 22.0 Å². The molecule has 0 bridgehead atoms. The summed E-state index contributed by atoms with van der Waals surface area (Å²) in [4.78, 5) is 11.9. The minimum atomic E-state index is -3.43. The average molecular weight is 359 g/mol. The Morgan fingerprint density at radius 3 is 2.48 bits per heavy atom. The van der Waals surface area contributed by atoms with Gasteiger partial charge < -0.3 is 4.74 Å². The predicted molar refractivity (Wildman–Crippen MR) is 96.4 cm³/mol. The van der Waals surface area contributed by atoms with Gasteiger partial charge in [0.05, 0.1) is 12.9 Å². The highest BCUT2D eigenvalue weighted by Gasteiger charge is 2.42. The first-order valence-corrected chi connectivity index (χ1v) is 9.75. The zero-order valence-electron chi connectivity index (χ0n) is 14.3. The summed E-state index contributed by atoms with van der Waals surface area (Å²) in [6, 6.07) is 15.1. The number of hydrogen-bond acceptors (Lipinski definition) is 4. The molecular weight excluding hydrogens is 338 g/mol. The van der Waals surface area contributed by atoms with Crippen molar-refractivity contribution in [1.82, 2.24) is 4.31 Å². The number of nitrogens with zero attached hydrogens (tertiary/aromatic N) is 1. The van der Waals surface area contributed by atoms with Crippen LogP contribution in [0.4, 0.5) is 0 Å². The van der Waals surface area contributed by atoms with Crippen LogP contribution in [0, 0.1) is 6.92 Å². The van der Waals surface area contributed by atoms with Crippen molar-refractivity contribution in [3.05, 3.63) is 59.7 Å². The van der Waals surface area contributed by atoms with Gasteiger partial charge in [-0.15, -0.1) is 0 Å². The van der Waals surface area contributed by atoms with Gasteiger partial charge in [0.2, 0.25) is 10.0 Å². The second-order valence-electron chi connectivity index (χ2n) is 6.20. The molecule has 5 nitrogen and oxygen atoms in total. The van der Waals surface area contributed by atoms with Gasteiger partial charge in [0.1, 0.15) is 6.04 Å². The molecule has 3 rings (SSSR count). The Morgan fingerprint density at radius 1 is 1.16 bits per heavy atom. The van der Waals surface area contributed by atoms with Crippen LogP contribution in [0.2, 0.25) is 0 Å². The summed E-state index contributed by atoms with van der Waals surface area (Å²) >= 11 is 0. The number of methoxy groups -OCH3 is 1. The van der Waals surface area contributed by atoms with E-state index in [1.165, 1.54) is 17.0 Å². The lowest BCUT2D eigenvalue weighted by Crippen LogP contribution is -2.38.